The van der Waals surface area contributed by atoms with Crippen LogP contribution in [0.25, 0.3) is 0 Å². The second-order valence-electron chi connectivity index (χ2n) is 11.1. The molecule has 7 nitrogen and oxygen atoms in total. The molecule has 0 bridgehead atoms. The number of ketones is 1. The second kappa shape index (κ2) is 8.14. The lowest BCUT2D eigenvalue weighted by Gasteiger charge is -2.62. The third kappa shape index (κ3) is 3.75. The lowest BCUT2D eigenvalue weighted by atomic mass is 9.44. The molecule has 0 aromatic carbocycles. The summed E-state index contributed by atoms with van der Waals surface area (Å²) in [5, 5.41) is 0. The van der Waals surface area contributed by atoms with E-state index >= 15 is 0 Å². The molecule has 0 heterocycles. The fourth-order valence-electron chi connectivity index (χ4n) is 8.03. The summed E-state index contributed by atoms with van der Waals surface area (Å²) < 4.78 is 17.0. The third-order valence-electron chi connectivity index (χ3n) is 9.29. The largest absolute Gasteiger partial charge is 0.463 e. The summed E-state index contributed by atoms with van der Waals surface area (Å²) in [6.45, 7) is 8.64. The normalized spacial score (nSPS) is 45.2. The van der Waals surface area contributed by atoms with Crippen molar-refractivity contribution in [1.82, 2.24) is 0 Å². The SMILES string of the molecule is CC(=O)O[C@H]1CC[C@@]2(C)[C@H](C1)[C@@H](OC(C)=O)C[C@@H]1[C@@H]2CC[C@]2(C)[C@@H](OC(C)=O)C(=O)C[C@@H]12. The van der Waals surface area contributed by atoms with E-state index in [1.54, 1.807) is 0 Å². The summed E-state index contributed by atoms with van der Waals surface area (Å²) in [5.41, 5.74) is -0.424. The Hall–Kier alpha value is -1.92. The van der Waals surface area contributed by atoms with Crippen molar-refractivity contribution in [1.29, 1.82) is 0 Å². The van der Waals surface area contributed by atoms with E-state index in [-0.39, 0.29) is 58.5 Å². The predicted octanol–water partition coefficient (Wildman–Crippen LogP) is 3.61. The van der Waals surface area contributed by atoms with Gasteiger partial charge in [-0.15, -0.1) is 0 Å². The molecule has 4 aliphatic rings. The number of Topliss-reactive ketones (excluding diaryl/α,β-unsaturated/α-hetero) is 1. The molecule has 178 valence electrons. The van der Waals surface area contributed by atoms with E-state index in [9.17, 15) is 19.2 Å². The van der Waals surface area contributed by atoms with Gasteiger partial charge in [-0.3, -0.25) is 19.2 Å². The van der Waals surface area contributed by atoms with Gasteiger partial charge in [0.25, 0.3) is 0 Å². The van der Waals surface area contributed by atoms with Crippen molar-refractivity contribution >= 4 is 23.7 Å². The highest BCUT2D eigenvalue weighted by atomic mass is 16.6. The van der Waals surface area contributed by atoms with Crippen LogP contribution < -0.4 is 0 Å². The number of ether oxygens (including phenoxy) is 3. The molecule has 0 saturated heterocycles. The number of carbonyl (C=O) groups excluding carboxylic acids is 4. The molecule has 0 spiro atoms. The molecular formula is C25H36O7. The van der Waals surface area contributed by atoms with Crippen LogP contribution in [0.1, 0.15) is 79.6 Å². The summed E-state index contributed by atoms with van der Waals surface area (Å²) in [6.07, 6.45) is 4.25. The monoisotopic (exact) mass is 448 g/mol. The van der Waals surface area contributed by atoms with Crippen LogP contribution in [0.2, 0.25) is 0 Å². The summed E-state index contributed by atoms with van der Waals surface area (Å²) in [6, 6.07) is 0. The zero-order chi connectivity index (χ0) is 23.4. The molecule has 0 aromatic heterocycles. The number of carbonyl (C=O) groups is 4. The number of hydrogen-bond donors (Lipinski definition) is 0. The minimum atomic E-state index is -0.677. The quantitative estimate of drug-likeness (QED) is 0.481. The maximum atomic E-state index is 12.9. The van der Waals surface area contributed by atoms with E-state index in [4.69, 9.17) is 14.2 Å². The summed E-state index contributed by atoms with van der Waals surface area (Å²) in [7, 11) is 0. The molecular weight excluding hydrogens is 412 g/mol. The van der Waals surface area contributed by atoms with Gasteiger partial charge in [-0.05, 0) is 61.7 Å². The average Bonchev–Trinajstić information content (AvgIpc) is 2.92. The highest BCUT2D eigenvalue weighted by molar-refractivity contribution is 5.89. The summed E-state index contributed by atoms with van der Waals surface area (Å²) >= 11 is 0. The Balaban J connectivity index is 1.65. The molecule has 0 aromatic rings. The van der Waals surface area contributed by atoms with Crippen LogP contribution in [0.3, 0.4) is 0 Å². The first-order chi connectivity index (χ1) is 15.0. The van der Waals surface area contributed by atoms with Crippen molar-refractivity contribution < 1.29 is 33.4 Å². The van der Waals surface area contributed by atoms with Crippen molar-refractivity contribution in [2.45, 2.75) is 97.9 Å². The van der Waals surface area contributed by atoms with Crippen LogP contribution in [-0.4, -0.2) is 42.0 Å². The molecule has 7 heteroatoms. The van der Waals surface area contributed by atoms with E-state index < -0.39 is 12.1 Å². The van der Waals surface area contributed by atoms with Gasteiger partial charge in [0.05, 0.1) is 0 Å². The van der Waals surface area contributed by atoms with E-state index in [1.165, 1.54) is 20.8 Å². The van der Waals surface area contributed by atoms with E-state index in [0.717, 1.165) is 25.7 Å². The van der Waals surface area contributed by atoms with Crippen molar-refractivity contribution in [3.05, 3.63) is 0 Å². The highest BCUT2D eigenvalue weighted by Gasteiger charge is 2.65. The minimum Gasteiger partial charge on any atom is -0.463 e. The third-order valence-corrected chi connectivity index (χ3v) is 9.29. The van der Waals surface area contributed by atoms with Crippen LogP contribution in [0.5, 0.6) is 0 Å². The number of fused-ring (bicyclic) bond motifs is 5. The molecule has 4 fully saturated rings. The molecule has 4 rings (SSSR count). The summed E-state index contributed by atoms with van der Waals surface area (Å²) in [5.74, 6) is -0.104. The van der Waals surface area contributed by atoms with Crippen molar-refractivity contribution in [3.8, 4) is 0 Å². The first kappa shape index (κ1) is 23.2. The van der Waals surface area contributed by atoms with Crippen LogP contribution in [-0.2, 0) is 33.4 Å². The number of esters is 3. The van der Waals surface area contributed by atoms with Gasteiger partial charge < -0.3 is 14.2 Å². The van der Waals surface area contributed by atoms with E-state index in [0.29, 0.717) is 25.2 Å². The topological polar surface area (TPSA) is 96.0 Å². The molecule has 4 aliphatic carbocycles. The minimum absolute atomic E-state index is 0.0169. The van der Waals surface area contributed by atoms with Crippen molar-refractivity contribution in [3.63, 3.8) is 0 Å². The fraction of sp³-hybridized carbons (Fsp3) is 0.840. The van der Waals surface area contributed by atoms with Crippen LogP contribution in [0.15, 0.2) is 0 Å². The zero-order valence-electron chi connectivity index (χ0n) is 19.8. The van der Waals surface area contributed by atoms with Crippen LogP contribution >= 0.6 is 0 Å². The van der Waals surface area contributed by atoms with Gasteiger partial charge in [0.15, 0.2) is 11.9 Å². The zero-order valence-corrected chi connectivity index (χ0v) is 19.8. The Bertz CT molecular complexity index is 821. The van der Waals surface area contributed by atoms with Gasteiger partial charge in [-0.25, -0.2) is 0 Å². The maximum absolute atomic E-state index is 12.9. The number of hydrogen-bond acceptors (Lipinski definition) is 7. The average molecular weight is 449 g/mol. The molecule has 0 N–H and O–H groups in total. The molecule has 9 atom stereocenters. The van der Waals surface area contributed by atoms with E-state index in [2.05, 4.69) is 13.8 Å². The molecule has 0 aliphatic heterocycles. The molecule has 4 saturated carbocycles. The number of rotatable bonds is 3. The van der Waals surface area contributed by atoms with Gasteiger partial charge in [0.1, 0.15) is 12.2 Å². The predicted molar refractivity (Wildman–Crippen MR) is 114 cm³/mol. The van der Waals surface area contributed by atoms with Crippen molar-refractivity contribution in [2.24, 2.45) is 34.5 Å². The standard InChI is InChI=1S/C25H36O7/c1-13(26)30-16-6-8-24(4)18-7-9-25(5)19(12-21(29)23(25)32-15(3)28)17(18)11-22(20(24)10-16)31-14(2)27/h16-20,22-23H,6-12H2,1-5H3/t16-,17+,18-,19-,20+,22-,23-,24+,25-/m0/s1. The Morgan fingerprint density at radius 2 is 1.41 bits per heavy atom. The lowest BCUT2D eigenvalue weighted by molar-refractivity contribution is -0.200. The first-order valence-electron chi connectivity index (χ1n) is 12.0. The Kier molecular flexibility index (Phi) is 5.91. The Morgan fingerprint density at radius 3 is 2.03 bits per heavy atom. The Morgan fingerprint density at radius 1 is 0.781 bits per heavy atom. The first-order valence-corrected chi connectivity index (χ1v) is 12.0. The summed E-state index contributed by atoms with van der Waals surface area (Å²) in [4.78, 5) is 48.2. The Labute approximate surface area is 189 Å². The lowest BCUT2D eigenvalue weighted by Crippen LogP contribution is -2.59. The van der Waals surface area contributed by atoms with Gasteiger partial charge in [-0.2, -0.15) is 0 Å². The van der Waals surface area contributed by atoms with Gasteiger partial charge >= 0.3 is 17.9 Å². The van der Waals surface area contributed by atoms with Gasteiger partial charge in [0, 0.05) is 38.5 Å². The maximum Gasteiger partial charge on any atom is 0.303 e. The second-order valence-corrected chi connectivity index (χ2v) is 11.1. The molecule has 0 amide bonds. The smallest absolute Gasteiger partial charge is 0.303 e. The highest BCUT2D eigenvalue weighted by Crippen LogP contribution is 2.66. The van der Waals surface area contributed by atoms with E-state index in [1.807, 2.05) is 0 Å². The van der Waals surface area contributed by atoms with Crippen LogP contribution in [0, 0.1) is 34.5 Å². The van der Waals surface area contributed by atoms with Crippen molar-refractivity contribution in [2.75, 3.05) is 0 Å². The fourth-order valence-corrected chi connectivity index (χ4v) is 8.03. The molecule has 0 radical (unpaired) electrons. The van der Waals surface area contributed by atoms with Gasteiger partial charge in [-0.1, -0.05) is 13.8 Å². The molecule has 32 heavy (non-hydrogen) atoms. The van der Waals surface area contributed by atoms with Gasteiger partial charge in [0.2, 0.25) is 0 Å². The van der Waals surface area contributed by atoms with Crippen LogP contribution in [0.4, 0.5) is 0 Å². The molecule has 0 unspecified atom stereocenters.